The first-order chi connectivity index (χ1) is 18.7. The Morgan fingerprint density at radius 3 is 2.33 bits per heavy atom. The van der Waals surface area contributed by atoms with Crippen molar-refractivity contribution in [2.24, 2.45) is 0 Å². The number of nitrogens with zero attached hydrogens (tertiary/aromatic N) is 3. The Morgan fingerprint density at radius 2 is 1.79 bits per heavy atom. The van der Waals surface area contributed by atoms with Gasteiger partial charge in [-0.05, 0) is 54.4 Å². The van der Waals surface area contributed by atoms with Crippen LogP contribution in [0.15, 0.2) is 21.9 Å². The molecule has 0 amide bonds. The predicted molar refractivity (Wildman–Crippen MR) is 150 cm³/mol. The summed E-state index contributed by atoms with van der Waals surface area (Å²) in [5.74, 6) is 0. The minimum atomic E-state index is -1.59. The average Bonchev–Trinajstić information content (AvgIpc) is 3.20. The number of hydrogen-bond acceptors (Lipinski definition) is 10. The number of rotatable bonds is 18. The maximum Gasteiger partial charge on any atom is 0.330 e. The van der Waals surface area contributed by atoms with E-state index in [4.69, 9.17) is 32.8 Å². The summed E-state index contributed by atoms with van der Waals surface area (Å²) in [6.07, 6.45) is 1.19. The Hall–Kier alpha value is -1.25. The minimum absolute atomic E-state index is 0.110. The van der Waals surface area contributed by atoms with E-state index in [1.807, 2.05) is 13.8 Å². The molecule has 0 bridgehead atoms. The predicted octanol–water partition coefficient (Wildman–Crippen LogP) is 4.28. The molecule has 0 radical (unpaired) electrons. The lowest BCUT2D eigenvalue weighted by molar-refractivity contribution is -0.0547. The maximum atomic E-state index is 12.7. The third kappa shape index (κ3) is 9.96. The van der Waals surface area contributed by atoms with Crippen molar-refractivity contribution in [2.45, 2.75) is 97.4 Å². The summed E-state index contributed by atoms with van der Waals surface area (Å²) in [4.78, 5) is 26.7. The zero-order valence-electron chi connectivity index (χ0n) is 24.1. The van der Waals surface area contributed by atoms with Crippen molar-refractivity contribution in [2.75, 3.05) is 33.1 Å². The van der Waals surface area contributed by atoms with E-state index in [1.165, 1.54) is 16.8 Å². The van der Waals surface area contributed by atoms with E-state index in [0.29, 0.717) is 19.6 Å². The standard InChI is InChI=1S/C25H44N4O8P2/c1-8-33-38(34-9-2)17-10-12-20-22(37-39(35-16-11-14-26)29(18(3)4)19(5)6)23(32-7)24(36-20)28-15-13-21(30)27-25(28)31/h13,15,18-20,22-24H,8-12,16-17H2,1-7H3,(H,27,30,31). The molecule has 0 spiro atoms. The van der Waals surface area contributed by atoms with Crippen LogP contribution >= 0.6 is 16.9 Å². The van der Waals surface area contributed by atoms with Crippen LogP contribution in [-0.2, 0) is 27.6 Å². The lowest BCUT2D eigenvalue weighted by Gasteiger charge is -2.38. The Morgan fingerprint density at radius 1 is 1.13 bits per heavy atom. The van der Waals surface area contributed by atoms with Gasteiger partial charge >= 0.3 is 5.69 Å². The minimum Gasteiger partial charge on any atom is -0.374 e. The van der Waals surface area contributed by atoms with Crippen LogP contribution in [0.1, 0.15) is 67.0 Å². The van der Waals surface area contributed by atoms with Crippen LogP contribution in [0.3, 0.4) is 0 Å². The van der Waals surface area contributed by atoms with Crippen molar-refractivity contribution in [3.8, 4) is 6.07 Å². The van der Waals surface area contributed by atoms with Crippen molar-refractivity contribution in [1.82, 2.24) is 14.2 Å². The molecule has 12 nitrogen and oxygen atoms in total. The highest BCUT2D eigenvalue weighted by atomic mass is 31.2. The largest absolute Gasteiger partial charge is 0.374 e. The Balaban J connectivity index is 2.38. The maximum absolute atomic E-state index is 12.7. The molecular weight excluding hydrogens is 546 g/mol. The van der Waals surface area contributed by atoms with Crippen LogP contribution in [0.5, 0.6) is 0 Å². The van der Waals surface area contributed by atoms with Gasteiger partial charge in [-0.3, -0.25) is 14.3 Å². The summed E-state index contributed by atoms with van der Waals surface area (Å²) in [6, 6.07) is 3.61. The number of aromatic amines is 1. The van der Waals surface area contributed by atoms with Gasteiger partial charge in [0.2, 0.25) is 0 Å². The molecule has 0 aromatic carbocycles. The van der Waals surface area contributed by atoms with Gasteiger partial charge in [-0.25, -0.2) is 9.46 Å². The molecule has 39 heavy (non-hydrogen) atoms. The summed E-state index contributed by atoms with van der Waals surface area (Å²) in [5.41, 5.74) is -1.09. The van der Waals surface area contributed by atoms with E-state index in [1.54, 1.807) is 7.11 Å². The first-order valence-corrected chi connectivity index (χ1v) is 16.0. The molecule has 0 aliphatic carbocycles. The molecule has 222 valence electrons. The van der Waals surface area contributed by atoms with Crippen LogP contribution < -0.4 is 11.2 Å². The molecule has 1 aromatic rings. The highest BCUT2D eigenvalue weighted by molar-refractivity contribution is 7.47. The summed E-state index contributed by atoms with van der Waals surface area (Å²) in [5, 5.41) is 9.07. The smallest absolute Gasteiger partial charge is 0.330 e. The molecule has 1 saturated heterocycles. The van der Waals surface area contributed by atoms with Gasteiger partial charge in [0, 0.05) is 37.6 Å². The van der Waals surface area contributed by atoms with Crippen molar-refractivity contribution < 1.29 is 27.6 Å². The molecule has 5 atom stereocenters. The van der Waals surface area contributed by atoms with E-state index in [-0.39, 0.29) is 25.1 Å². The highest BCUT2D eigenvalue weighted by Gasteiger charge is 2.49. The van der Waals surface area contributed by atoms with Crippen LogP contribution in [0.25, 0.3) is 0 Å². The molecule has 1 aliphatic rings. The van der Waals surface area contributed by atoms with Gasteiger partial charge < -0.3 is 27.6 Å². The molecule has 1 fully saturated rings. The van der Waals surface area contributed by atoms with Crippen LogP contribution in [-0.4, -0.2) is 77.7 Å². The molecular formula is C25H44N4O8P2. The zero-order valence-corrected chi connectivity index (χ0v) is 25.9. The molecule has 2 heterocycles. The summed E-state index contributed by atoms with van der Waals surface area (Å²) < 4.78 is 40.1. The lowest BCUT2D eigenvalue weighted by atomic mass is 10.1. The van der Waals surface area contributed by atoms with Gasteiger partial charge in [0.15, 0.2) is 14.6 Å². The van der Waals surface area contributed by atoms with Gasteiger partial charge in [0.05, 0.1) is 38.4 Å². The van der Waals surface area contributed by atoms with Crippen LogP contribution in [0, 0.1) is 11.3 Å². The van der Waals surface area contributed by atoms with Crippen molar-refractivity contribution in [3.63, 3.8) is 0 Å². The third-order valence-corrected chi connectivity index (χ3v) is 9.83. The van der Waals surface area contributed by atoms with Gasteiger partial charge in [-0.1, -0.05) is 0 Å². The van der Waals surface area contributed by atoms with Gasteiger partial charge in [-0.2, -0.15) is 5.26 Å². The van der Waals surface area contributed by atoms with Crippen molar-refractivity contribution >= 4 is 16.9 Å². The van der Waals surface area contributed by atoms with Crippen molar-refractivity contribution in [1.29, 1.82) is 5.26 Å². The van der Waals surface area contributed by atoms with Gasteiger partial charge in [0.25, 0.3) is 14.1 Å². The molecule has 14 heteroatoms. The van der Waals surface area contributed by atoms with Gasteiger partial charge in [-0.15, -0.1) is 0 Å². The third-order valence-electron chi connectivity index (χ3n) is 5.93. The number of nitriles is 1. The highest BCUT2D eigenvalue weighted by Crippen LogP contribution is 2.51. The number of H-pyrrole nitrogens is 1. The summed E-state index contributed by atoms with van der Waals surface area (Å²) >= 11 is 0. The van der Waals surface area contributed by atoms with Crippen LogP contribution in [0.4, 0.5) is 0 Å². The zero-order chi connectivity index (χ0) is 28.9. The fraction of sp³-hybridized carbons (Fsp3) is 0.800. The van der Waals surface area contributed by atoms with E-state index in [0.717, 1.165) is 12.6 Å². The molecule has 1 aromatic heterocycles. The SMILES string of the molecule is CCOP(CCCC1OC(n2ccc(=O)[nH]c2=O)C(OC)C1OP(OCCC#N)N(C(C)C)C(C)C)OCC. The Bertz CT molecular complexity index is 987. The summed E-state index contributed by atoms with van der Waals surface area (Å²) in [6.45, 7) is 13.5. The molecule has 1 N–H and O–H groups in total. The second kappa shape index (κ2) is 17.5. The number of hydrogen-bond donors (Lipinski definition) is 1. The fourth-order valence-electron chi connectivity index (χ4n) is 4.44. The van der Waals surface area contributed by atoms with E-state index in [9.17, 15) is 9.59 Å². The van der Waals surface area contributed by atoms with Crippen molar-refractivity contribution in [3.05, 3.63) is 33.1 Å². The molecule has 1 aliphatic heterocycles. The normalized spacial score (nSPS) is 22.3. The monoisotopic (exact) mass is 590 g/mol. The second-order valence-corrected chi connectivity index (χ2v) is 12.5. The number of methoxy groups -OCH3 is 1. The first-order valence-electron chi connectivity index (χ1n) is 13.5. The number of aromatic nitrogens is 2. The average molecular weight is 591 g/mol. The topological polar surface area (TPSA) is 137 Å². The fourth-order valence-corrected chi connectivity index (χ4v) is 7.56. The summed E-state index contributed by atoms with van der Waals surface area (Å²) in [7, 11) is -1.06. The Kier molecular flexibility index (Phi) is 15.3. The first kappa shape index (κ1) is 34.0. The number of nitrogens with one attached hydrogen (secondary N) is 1. The lowest BCUT2D eigenvalue weighted by Crippen LogP contribution is -2.41. The number of ether oxygens (including phenoxy) is 2. The van der Waals surface area contributed by atoms with E-state index < -0.39 is 52.7 Å². The second-order valence-electron chi connectivity index (χ2n) is 9.43. The van der Waals surface area contributed by atoms with E-state index >= 15 is 0 Å². The Labute approximate surface area is 233 Å². The molecule has 5 unspecified atom stereocenters. The van der Waals surface area contributed by atoms with Gasteiger partial charge in [0.1, 0.15) is 12.2 Å². The molecule has 2 rings (SSSR count). The quantitative estimate of drug-likeness (QED) is 0.195. The van der Waals surface area contributed by atoms with E-state index in [2.05, 4.69) is 43.4 Å². The molecule has 0 saturated carbocycles. The van der Waals surface area contributed by atoms with Crippen LogP contribution in [0.2, 0.25) is 0 Å².